The van der Waals surface area contributed by atoms with Crippen molar-refractivity contribution in [1.29, 1.82) is 5.26 Å². The highest BCUT2D eigenvalue weighted by Crippen LogP contribution is 2.39. The van der Waals surface area contributed by atoms with Crippen molar-refractivity contribution in [1.82, 2.24) is 0 Å². The van der Waals surface area contributed by atoms with Gasteiger partial charge in [0.25, 0.3) is 5.91 Å². The zero-order chi connectivity index (χ0) is 19.2. The summed E-state index contributed by atoms with van der Waals surface area (Å²) >= 11 is 1.08. The molecule has 0 saturated carbocycles. The standard InChI is InChI=1S/C17H11F5N2OS/c1-6-2-3-7-8(5-23)17(26-9(7)4-6)24-16(25)10-11(18)13(20)15(22)14(21)12(10)19/h6H,2-4H2,1H3,(H,24,25). The molecule has 0 saturated heterocycles. The van der Waals surface area contributed by atoms with Gasteiger partial charge in [-0.2, -0.15) is 5.26 Å². The number of rotatable bonds is 2. The number of hydrogen-bond acceptors (Lipinski definition) is 3. The number of amides is 1. The molecule has 0 fully saturated rings. The van der Waals surface area contributed by atoms with Crippen LogP contribution in [0.1, 0.15) is 39.7 Å². The molecule has 1 N–H and O–H groups in total. The fourth-order valence-electron chi connectivity index (χ4n) is 2.93. The lowest BCUT2D eigenvalue weighted by Gasteiger charge is -2.17. The number of anilines is 1. The Labute approximate surface area is 149 Å². The molecule has 0 aliphatic heterocycles. The first kappa shape index (κ1) is 18.3. The lowest BCUT2D eigenvalue weighted by Crippen LogP contribution is -2.19. The maximum atomic E-state index is 13.8. The predicted molar refractivity (Wildman–Crippen MR) is 84.4 cm³/mol. The summed E-state index contributed by atoms with van der Waals surface area (Å²) in [7, 11) is 0. The van der Waals surface area contributed by atoms with Crippen LogP contribution in [0, 0.1) is 46.3 Å². The maximum absolute atomic E-state index is 13.8. The van der Waals surface area contributed by atoms with Gasteiger partial charge >= 0.3 is 0 Å². The minimum absolute atomic E-state index is 0.0422. The molecule has 1 aromatic heterocycles. The van der Waals surface area contributed by atoms with Gasteiger partial charge in [0.15, 0.2) is 23.3 Å². The molecular formula is C17H11F5N2OS. The van der Waals surface area contributed by atoms with E-state index in [2.05, 4.69) is 5.32 Å². The average molecular weight is 386 g/mol. The number of benzene rings is 1. The number of nitrogens with one attached hydrogen (secondary N) is 1. The van der Waals surface area contributed by atoms with Crippen LogP contribution in [0.25, 0.3) is 0 Å². The number of hydrogen-bond donors (Lipinski definition) is 1. The number of carbonyl (C=O) groups is 1. The number of nitrogens with zero attached hydrogens (tertiary/aromatic N) is 1. The molecule has 136 valence electrons. The molecule has 1 unspecified atom stereocenters. The van der Waals surface area contributed by atoms with Gasteiger partial charge in [0.1, 0.15) is 16.6 Å². The Kier molecular flexibility index (Phi) is 4.71. The van der Waals surface area contributed by atoms with E-state index in [9.17, 15) is 32.0 Å². The summed E-state index contributed by atoms with van der Waals surface area (Å²) in [4.78, 5) is 13.0. The van der Waals surface area contributed by atoms with Gasteiger partial charge in [0, 0.05) is 4.88 Å². The minimum Gasteiger partial charge on any atom is -0.312 e. The highest BCUT2D eigenvalue weighted by Gasteiger charge is 2.31. The van der Waals surface area contributed by atoms with Gasteiger partial charge in [-0.15, -0.1) is 11.3 Å². The lowest BCUT2D eigenvalue weighted by atomic mass is 9.88. The topological polar surface area (TPSA) is 52.9 Å². The third-order valence-electron chi connectivity index (χ3n) is 4.29. The molecule has 1 atom stereocenters. The molecule has 1 aromatic carbocycles. The van der Waals surface area contributed by atoms with Gasteiger partial charge < -0.3 is 5.32 Å². The van der Waals surface area contributed by atoms with Gasteiger partial charge in [-0.1, -0.05) is 6.92 Å². The molecule has 0 radical (unpaired) electrons. The van der Waals surface area contributed by atoms with Crippen molar-refractivity contribution < 1.29 is 26.7 Å². The fraction of sp³-hybridized carbons (Fsp3) is 0.294. The van der Waals surface area contributed by atoms with Crippen molar-refractivity contribution in [3.8, 4) is 6.07 Å². The first-order chi connectivity index (χ1) is 12.3. The van der Waals surface area contributed by atoms with Crippen LogP contribution in [0.4, 0.5) is 27.0 Å². The Hall–Kier alpha value is -2.47. The van der Waals surface area contributed by atoms with Gasteiger partial charge in [0.05, 0.1) is 5.56 Å². The zero-order valence-corrected chi connectivity index (χ0v) is 14.2. The molecule has 9 heteroatoms. The molecule has 1 amide bonds. The molecule has 3 rings (SSSR count). The lowest BCUT2D eigenvalue weighted by molar-refractivity contribution is 0.101. The second-order valence-corrected chi connectivity index (χ2v) is 7.17. The first-order valence-corrected chi connectivity index (χ1v) is 8.45. The molecule has 2 aromatic rings. The van der Waals surface area contributed by atoms with Crippen LogP contribution in [0.3, 0.4) is 0 Å². The smallest absolute Gasteiger partial charge is 0.262 e. The minimum atomic E-state index is -2.34. The van der Waals surface area contributed by atoms with Gasteiger partial charge in [0.2, 0.25) is 5.82 Å². The molecule has 26 heavy (non-hydrogen) atoms. The van der Waals surface area contributed by atoms with Gasteiger partial charge in [-0.05, 0) is 30.7 Å². The Morgan fingerprint density at radius 3 is 2.27 bits per heavy atom. The molecule has 0 bridgehead atoms. The summed E-state index contributed by atoms with van der Waals surface area (Å²) in [5, 5.41) is 11.5. The summed E-state index contributed by atoms with van der Waals surface area (Å²) in [6, 6.07) is 1.94. The van der Waals surface area contributed by atoms with E-state index in [0.29, 0.717) is 18.8 Å². The van der Waals surface area contributed by atoms with Crippen molar-refractivity contribution >= 4 is 22.2 Å². The van der Waals surface area contributed by atoms with E-state index in [4.69, 9.17) is 0 Å². The Balaban J connectivity index is 2.02. The van der Waals surface area contributed by atoms with E-state index in [1.807, 2.05) is 13.0 Å². The maximum Gasteiger partial charge on any atom is 0.262 e. The Morgan fingerprint density at radius 2 is 1.69 bits per heavy atom. The van der Waals surface area contributed by atoms with Crippen LogP contribution in [0.2, 0.25) is 0 Å². The number of nitriles is 1. The fourth-order valence-corrected chi connectivity index (χ4v) is 4.28. The van der Waals surface area contributed by atoms with Crippen LogP contribution in [0.5, 0.6) is 0 Å². The van der Waals surface area contributed by atoms with Crippen molar-refractivity contribution in [2.45, 2.75) is 26.2 Å². The van der Waals surface area contributed by atoms with Gasteiger partial charge in [-0.25, -0.2) is 22.0 Å². The second-order valence-electron chi connectivity index (χ2n) is 6.07. The monoisotopic (exact) mass is 386 g/mol. The zero-order valence-electron chi connectivity index (χ0n) is 13.4. The summed E-state index contributed by atoms with van der Waals surface area (Å²) < 4.78 is 67.2. The Morgan fingerprint density at radius 1 is 1.12 bits per heavy atom. The number of halogens is 5. The molecule has 1 aliphatic carbocycles. The summed E-state index contributed by atoms with van der Waals surface area (Å²) in [6.07, 6.45) is 2.16. The Bertz CT molecular complexity index is 934. The van der Waals surface area contributed by atoms with E-state index < -0.39 is 40.6 Å². The summed E-state index contributed by atoms with van der Waals surface area (Å²) in [5.74, 6) is -12.3. The van der Waals surface area contributed by atoms with Crippen molar-refractivity contribution in [3.63, 3.8) is 0 Å². The predicted octanol–water partition coefficient (Wildman–Crippen LogP) is 4.69. The molecule has 1 heterocycles. The van der Waals surface area contributed by atoms with Crippen molar-refractivity contribution in [2.24, 2.45) is 5.92 Å². The third kappa shape index (κ3) is 2.84. The first-order valence-electron chi connectivity index (χ1n) is 7.63. The third-order valence-corrected chi connectivity index (χ3v) is 5.46. The second kappa shape index (κ2) is 6.68. The van der Waals surface area contributed by atoms with Crippen LogP contribution >= 0.6 is 11.3 Å². The molecule has 3 nitrogen and oxygen atoms in total. The van der Waals surface area contributed by atoms with Crippen LogP contribution in [-0.2, 0) is 12.8 Å². The van der Waals surface area contributed by atoms with Crippen LogP contribution in [0.15, 0.2) is 0 Å². The van der Waals surface area contributed by atoms with E-state index in [0.717, 1.165) is 28.2 Å². The molecule has 1 aliphatic rings. The SMILES string of the molecule is CC1CCc2c(sc(NC(=O)c3c(F)c(F)c(F)c(F)c3F)c2C#N)C1. The summed E-state index contributed by atoms with van der Waals surface area (Å²) in [5.41, 5.74) is -0.664. The van der Waals surface area contributed by atoms with Gasteiger partial charge in [-0.3, -0.25) is 4.79 Å². The highest BCUT2D eigenvalue weighted by atomic mass is 32.1. The van der Waals surface area contributed by atoms with E-state index in [1.165, 1.54) is 0 Å². The summed E-state index contributed by atoms with van der Waals surface area (Å²) in [6.45, 7) is 2.03. The average Bonchev–Trinajstić information content (AvgIpc) is 2.94. The highest BCUT2D eigenvalue weighted by molar-refractivity contribution is 7.16. The van der Waals surface area contributed by atoms with Crippen LogP contribution in [-0.4, -0.2) is 5.91 Å². The normalized spacial score (nSPS) is 16.1. The molecule has 0 spiro atoms. The number of fused-ring (bicyclic) bond motifs is 1. The van der Waals surface area contributed by atoms with E-state index in [1.54, 1.807) is 0 Å². The van der Waals surface area contributed by atoms with E-state index in [-0.39, 0.29) is 10.6 Å². The quantitative estimate of drug-likeness (QED) is 0.462. The van der Waals surface area contributed by atoms with Crippen molar-refractivity contribution in [2.75, 3.05) is 5.32 Å². The van der Waals surface area contributed by atoms with E-state index >= 15 is 0 Å². The largest absolute Gasteiger partial charge is 0.312 e. The molecular weight excluding hydrogens is 375 g/mol. The number of thiophene rings is 1. The number of carbonyl (C=O) groups excluding carboxylic acids is 1. The van der Waals surface area contributed by atoms with Crippen LogP contribution < -0.4 is 5.32 Å². The van der Waals surface area contributed by atoms with Crippen molar-refractivity contribution in [3.05, 3.63) is 50.7 Å².